The fraction of sp³-hybridized carbons (Fsp3) is 0.714. The molecule has 0 bridgehead atoms. The molecular weight excluding hydrogens is 390 g/mol. The Labute approximate surface area is 187 Å². The molecule has 0 saturated heterocycles. The number of aryl methyl sites for hydroxylation is 1. The van der Waals surface area contributed by atoms with E-state index in [1.807, 2.05) is 0 Å². The average molecular weight is 431 g/mol. The molecule has 1 aromatic carbocycles. The lowest BCUT2D eigenvalue weighted by Crippen LogP contribution is -2.35. The molecule has 0 N–H and O–H groups in total. The molecule has 31 heavy (non-hydrogen) atoms. The standard InChI is InChI=1S/C28H40F2O/c1-3-5-6-7-19-8-9-21-16-22(11-10-20(21)15-19)23-12-13-24-18-26(31-14-4-2)28(30)27(29)25(24)17-23/h4,18-23H,2-3,5-17H2,1H3. The van der Waals surface area contributed by atoms with E-state index in [9.17, 15) is 8.78 Å². The quantitative estimate of drug-likeness (QED) is 0.299. The third-order valence-electron chi connectivity index (χ3n) is 8.62. The van der Waals surface area contributed by atoms with Gasteiger partial charge in [-0.2, -0.15) is 4.39 Å². The van der Waals surface area contributed by atoms with Gasteiger partial charge in [0.25, 0.3) is 0 Å². The van der Waals surface area contributed by atoms with Crippen LogP contribution in [0.15, 0.2) is 18.7 Å². The topological polar surface area (TPSA) is 9.23 Å². The van der Waals surface area contributed by atoms with Crippen molar-refractivity contribution in [2.45, 2.75) is 90.4 Å². The highest BCUT2D eigenvalue weighted by Crippen LogP contribution is 2.49. The summed E-state index contributed by atoms with van der Waals surface area (Å²) in [5.74, 6) is 2.47. The molecule has 2 saturated carbocycles. The van der Waals surface area contributed by atoms with Crippen molar-refractivity contribution in [3.05, 3.63) is 41.5 Å². The van der Waals surface area contributed by atoms with Gasteiger partial charge in [-0.25, -0.2) is 4.39 Å². The highest BCUT2D eigenvalue weighted by Gasteiger charge is 2.39. The molecule has 0 radical (unpaired) electrons. The maximum Gasteiger partial charge on any atom is 0.200 e. The Hall–Kier alpha value is -1.38. The SMILES string of the molecule is C=CCOc1cc2c(c(F)c1F)CC(C1CCC3CC(CCCCC)CCC3C1)CC2. The van der Waals surface area contributed by atoms with Gasteiger partial charge in [-0.1, -0.05) is 51.7 Å². The molecule has 0 aliphatic heterocycles. The highest BCUT2D eigenvalue weighted by atomic mass is 19.2. The molecule has 0 aromatic heterocycles. The molecule has 2 fully saturated rings. The third kappa shape index (κ3) is 5.17. The minimum absolute atomic E-state index is 0.0332. The largest absolute Gasteiger partial charge is 0.486 e. The van der Waals surface area contributed by atoms with E-state index < -0.39 is 11.6 Å². The van der Waals surface area contributed by atoms with E-state index in [0.29, 0.717) is 23.8 Å². The lowest BCUT2D eigenvalue weighted by molar-refractivity contribution is 0.0687. The molecule has 5 atom stereocenters. The van der Waals surface area contributed by atoms with Gasteiger partial charge in [0.15, 0.2) is 11.6 Å². The maximum absolute atomic E-state index is 14.9. The monoisotopic (exact) mass is 430 g/mol. The van der Waals surface area contributed by atoms with Crippen molar-refractivity contribution in [3.63, 3.8) is 0 Å². The normalized spacial score (nSPS) is 30.4. The van der Waals surface area contributed by atoms with Crippen LogP contribution in [0.2, 0.25) is 0 Å². The zero-order valence-corrected chi connectivity index (χ0v) is 19.3. The van der Waals surface area contributed by atoms with Gasteiger partial charge in [-0.05, 0) is 98.1 Å². The van der Waals surface area contributed by atoms with Crippen LogP contribution in [0, 0.1) is 41.2 Å². The smallest absolute Gasteiger partial charge is 0.200 e. The molecule has 0 amide bonds. The first-order chi connectivity index (χ1) is 15.1. The Morgan fingerprint density at radius 2 is 1.71 bits per heavy atom. The number of benzene rings is 1. The van der Waals surface area contributed by atoms with Crippen LogP contribution in [0.1, 0.15) is 88.7 Å². The number of ether oxygens (including phenoxy) is 1. The first kappa shape index (κ1) is 22.8. The summed E-state index contributed by atoms with van der Waals surface area (Å²) >= 11 is 0. The van der Waals surface area contributed by atoms with E-state index in [2.05, 4.69) is 13.5 Å². The van der Waals surface area contributed by atoms with Crippen LogP contribution in [0.3, 0.4) is 0 Å². The summed E-state index contributed by atoms with van der Waals surface area (Å²) in [6, 6.07) is 1.73. The summed E-state index contributed by atoms with van der Waals surface area (Å²) < 4.78 is 34.7. The van der Waals surface area contributed by atoms with Gasteiger partial charge in [0, 0.05) is 0 Å². The van der Waals surface area contributed by atoms with Crippen LogP contribution < -0.4 is 4.74 Å². The van der Waals surface area contributed by atoms with Crippen molar-refractivity contribution in [2.24, 2.45) is 29.6 Å². The second-order valence-electron chi connectivity index (χ2n) is 10.5. The van der Waals surface area contributed by atoms with E-state index in [-0.39, 0.29) is 12.4 Å². The highest BCUT2D eigenvalue weighted by molar-refractivity contribution is 5.40. The Balaban J connectivity index is 1.36. The zero-order valence-electron chi connectivity index (χ0n) is 19.3. The summed E-state index contributed by atoms with van der Waals surface area (Å²) in [7, 11) is 0. The van der Waals surface area contributed by atoms with Gasteiger partial charge in [-0.15, -0.1) is 0 Å². The van der Waals surface area contributed by atoms with E-state index in [4.69, 9.17) is 4.74 Å². The van der Waals surface area contributed by atoms with Crippen LogP contribution in [0.4, 0.5) is 8.78 Å². The van der Waals surface area contributed by atoms with Gasteiger partial charge in [0.05, 0.1) is 0 Å². The first-order valence-electron chi connectivity index (χ1n) is 12.8. The predicted molar refractivity (Wildman–Crippen MR) is 123 cm³/mol. The van der Waals surface area contributed by atoms with Crippen LogP contribution >= 0.6 is 0 Å². The number of unbranched alkanes of at least 4 members (excludes halogenated alkanes) is 2. The molecule has 3 aliphatic rings. The number of hydrogen-bond donors (Lipinski definition) is 0. The molecule has 172 valence electrons. The van der Waals surface area contributed by atoms with Crippen LogP contribution in [-0.4, -0.2) is 6.61 Å². The van der Waals surface area contributed by atoms with E-state index in [0.717, 1.165) is 36.2 Å². The number of halogens is 2. The van der Waals surface area contributed by atoms with Crippen molar-refractivity contribution in [1.29, 1.82) is 0 Å². The third-order valence-corrected chi connectivity index (χ3v) is 8.62. The van der Waals surface area contributed by atoms with E-state index >= 15 is 0 Å². The van der Waals surface area contributed by atoms with Crippen molar-refractivity contribution >= 4 is 0 Å². The summed E-state index contributed by atoms with van der Waals surface area (Å²) in [6.45, 7) is 6.07. The number of hydrogen-bond acceptors (Lipinski definition) is 1. The molecule has 0 heterocycles. The second-order valence-corrected chi connectivity index (χ2v) is 10.5. The molecule has 1 aromatic rings. The lowest BCUT2D eigenvalue weighted by Gasteiger charge is -2.45. The fourth-order valence-corrected chi connectivity index (χ4v) is 6.89. The summed E-state index contributed by atoms with van der Waals surface area (Å²) in [4.78, 5) is 0. The molecule has 4 rings (SSSR count). The number of fused-ring (bicyclic) bond motifs is 2. The van der Waals surface area contributed by atoms with Crippen LogP contribution in [0.25, 0.3) is 0 Å². The minimum atomic E-state index is -0.827. The van der Waals surface area contributed by atoms with Crippen molar-refractivity contribution in [1.82, 2.24) is 0 Å². The predicted octanol–water partition coefficient (Wildman–Crippen LogP) is 8.05. The molecule has 3 aliphatic carbocycles. The molecule has 3 heteroatoms. The van der Waals surface area contributed by atoms with Crippen molar-refractivity contribution in [2.75, 3.05) is 6.61 Å². The minimum Gasteiger partial charge on any atom is -0.486 e. The van der Waals surface area contributed by atoms with Gasteiger partial charge in [0.2, 0.25) is 5.82 Å². The van der Waals surface area contributed by atoms with Gasteiger partial charge < -0.3 is 4.74 Å². The summed E-state index contributed by atoms with van der Waals surface area (Å²) in [5.41, 5.74) is 1.55. The average Bonchev–Trinajstić information content (AvgIpc) is 2.80. The maximum atomic E-state index is 14.9. The van der Waals surface area contributed by atoms with Crippen molar-refractivity contribution < 1.29 is 13.5 Å². The fourth-order valence-electron chi connectivity index (χ4n) is 6.89. The van der Waals surface area contributed by atoms with E-state index in [1.165, 1.54) is 64.2 Å². The Bertz CT molecular complexity index is 758. The van der Waals surface area contributed by atoms with Crippen LogP contribution in [0.5, 0.6) is 5.75 Å². The van der Waals surface area contributed by atoms with Crippen LogP contribution in [-0.2, 0) is 12.8 Å². The zero-order chi connectivity index (χ0) is 21.8. The van der Waals surface area contributed by atoms with Gasteiger partial charge in [0.1, 0.15) is 6.61 Å². The molecule has 1 nitrogen and oxygen atoms in total. The lowest BCUT2D eigenvalue weighted by atomic mass is 9.61. The van der Waals surface area contributed by atoms with Gasteiger partial charge >= 0.3 is 0 Å². The Morgan fingerprint density at radius 3 is 2.48 bits per heavy atom. The summed E-state index contributed by atoms with van der Waals surface area (Å²) in [5, 5.41) is 0. The first-order valence-corrected chi connectivity index (χ1v) is 12.8. The Kier molecular flexibility index (Phi) is 7.72. The van der Waals surface area contributed by atoms with Crippen molar-refractivity contribution in [3.8, 4) is 5.75 Å². The molecule has 0 spiro atoms. The molecular formula is C28H40F2O. The second kappa shape index (κ2) is 10.5. The molecule has 5 unspecified atom stereocenters. The summed E-state index contributed by atoms with van der Waals surface area (Å²) in [6.07, 6.45) is 17.9. The van der Waals surface area contributed by atoms with Gasteiger partial charge in [-0.3, -0.25) is 0 Å². The number of rotatable bonds is 8. The van der Waals surface area contributed by atoms with E-state index in [1.54, 1.807) is 12.1 Å². The Morgan fingerprint density at radius 1 is 0.968 bits per heavy atom.